The first-order chi connectivity index (χ1) is 15.4. The van der Waals surface area contributed by atoms with E-state index < -0.39 is 59.9 Å². The van der Waals surface area contributed by atoms with Gasteiger partial charge in [0.2, 0.25) is 23.6 Å². The summed E-state index contributed by atoms with van der Waals surface area (Å²) in [6, 6.07) is -4.83. The number of carbonyl (C=O) groups is 5. The summed E-state index contributed by atoms with van der Waals surface area (Å²) in [6.07, 6.45) is 2.37. The van der Waals surface area contributed by atoms with Crippen LogP contribution in [0.25, 0.3) is 0 Å². The molecule has 0 aliphatic rings. The Morgan fingerprint density at radius 2 is 1.39 bits per heavy atom. The van der Waals surface area contributed by atoms with Crippen LogP contribution in [0.2, 0.25) is 0 Å². The summed E-state index contributed by atoms with van der Waals surface area (Å²) in [5, 5.41) is 26.4. The molecule has 0 aliphatic heterocycles. The number of hydrogen-bond donors (Lipinski definition) is 7. The van der Waals surface area contributed by atoms with E-state index in [9.17, 15) is 34.2 Å². The number of primary amides is 1. The molecule has 0 spiro atoms. The number of rotatable bonds is 17. The smallest absolute Gasteiger partial charge is 0.326 e. The van der Waals surface area contributed by atoms with Gasteiger partial charge in [0, 0.05) is 6.42 Å². The average molecular weight is 510 g/mol. The van der Waals surface area contributed by atoms with E-state index in [2.05, 4.69) is 16.0 Å². The first kappa shape index (κ1) is 31.0. The summed E-state index contributed by atoms with van der Waals surface area (Å²) in [5.74, 6) is -3.24. The quantitative estimate of drug-likeness (QED) is 0.114. The van der Waals surface area contributed by atoms with Crippen LogP contribution in [0.5, 0.6) is 0 Å². The molecule has 9 N–H and O–H groups in total. The highest BCUT2D eigenvalue weighted by molar-refractivity contribution is 7.98. The first-order valence-electron chi connectivity index (χ1n) is 10.3. The maximum atomic E-state index is 12.8. The van der Waals surface area contributed by atoms with E-state index in [4.69, 9.17) is 11.5 Å². The third-order valence-electron chi connectivity index (χ3n) is 4.57. The number of nitrogens with one attached hydrogen (secondary N) is 3. The number of nitrogens with two attached hydrogens (primary N) is 2. The lowest BCUT2D eigenvalue weighted by Crippen LogP contribution is -2.59. The monoisotopic (exact) mass is 509 g/mol. The van der Waals surface area contributed by atoms with Crippen LogP contribution in [0.1, 0.15) is 32.6 Å². The fraction of sp³-hybridized carbons (Fsp3) is 0.737. The highest BCUT2D eigenvalue weighted by atomic mass is 32.2. The number of amides is 4. The van der Waals surface area contributed by atoms with Gasteiger partial charge in [-0.1, -0.05) is 0 Å². The van der Waals surface area contributed by atoms with E-state index in [0.717, 1.165) is 0 Å². The molecule has 0 radical (unpaired) electrons. The number of aliphatic carboxylic acids is 1. The fourth-order valence-electron chi connectivity index (χ4n) is 2.62. The minimum atomic E-state index is -1.42. The number of hydrogen-bond acceptors (Lipinski definition) is 9. The van der Waals surface area contributed by atoms with Gasteiger partial charge in [-0.2, -0.15) is 23.5 Å². The van der Waals surface area contributed by atoms with Crippen LogP contribution in [-0.4, -0.2) is 94.1 Å². The summed E-state index contributed by atoms with van der Waals surface area (Å²) in [6.45, 7) is 1.28. The SMILES string of the molecule is CSCCC(N)C(=O)NC(C(=O)NC(CCC(N)=O)C(=O)NC(CCSC)C(=O)O)C(C)O. The van der Waals surface area contributed by atoms with Crippen LogP contribution in [0, 0.1) is 0 Å². The topological polar surface area (TPSA) is 214 Å². The first-order valence-corrected chi connectivity index (χ1v) is 13.1. The van der Waals surface area contributed by atoms with Crippen molar-refractivity contribution >= 4 is 53.1 Å². The third kappa shape index (κ3) is 12.7. The largest absolute Gasteiger partial charge is 0.480 e. The molecule has 0 aromatic carbocycles. The van der Waals surface area contributed by atoms with Gasteiger partial charge in [0.05, 0.1) is 12.1 Å². The molecular formula is C19H35N5O7S2. The van der Waals surface area contributed by atoms with Gasteiger partial charge in [0.1, 0.15) is 18.1 Å². The van der Waals surface area contributed by atoms with Crippen LogP contribution in [0.15, 0.2) is 0 Å². The van der Waals surface area contributed by atoms with E-state index in [1.54, 1.807) is 6.26 Å². The zero-order chi connectivity index (χ0) is 25.6. The highest BCUT2D eigenvalue weighted by Gasteiger charge is 2.32. The van der Waals surface area contributed by atoms with E-state index >= 15 is 0 Å². The molecule has 14 heteroatoms. The molecule has 0 aromatic heterocycles. The molecule has 0 aliphatic carbocycles. The highest BCUT2D eigenvalue weighted by Crippen LogP contribution is 2.06. The second-order valence-electron chi connectivity index (χ2n) is 7.36. The standard InChI is InChI=1S/C19H35N5O7S2/c1-10(25)15(24-16(27)11(20)6-8-32-2)18(29)22-12(4-5-14(21)26)17(28)23-13(19(30)31)7-9-33-3/h10-13,15,25H,4-9,20H2,1-3H3,(H2,21,26)(H,22,29)(H,23,28)(H,24,27)(H,30,31). The van der Waals surface area contributed by atoms with Crippen LogP contribution in [0.4, 0.5) is 0 Å². The zero-order valence-corrected chi connectivity index (χ0v) is 20.7. The predicted octanol–water partition coefficient (Wildman–Crippen LogP) is -1.99. The van der Waals surface area contributed by atoms with Gasteiger partial charge in [-0.05, 0) is 50.2 Å². The summed E-state index contributed by atoms with van der Waals surface area (Å²) in [4.78, 5) is 60.4. The normalized spacial score (nSPS) is 15.4. The van der Waals surface area contributed by atoms with E-state index in [1.807, 2.05) is 6.26 Å². The number of aliphatic hydroxyl groups excluding tert-OH is 1. The van der Waals surface area contributed by atoms with Crippen LogP contribution < -0.4 is 27.4 Å². The van der Waals surface area contributed by atoms with Gasteiger partial charge >= 0.3 is 5.97 Å². The molecular weight excluding hydrogens is 474 g/mol. The van der Waals surface area contributed by atoms with Gasteiger partial charge in [-0.15, -0.1) is 0 Å². The van der Waals surface area contributed by atoms with Crippen LogP contribution >= 0.6 is 23.5 Å². The molecule has 5 atom stereocenters. The lowest BCUT2D eigenvalue weighted by molar-refractivity contribution is -0.142. The Bertz CT molecular complexity index is 681. The maximum Gasteiger partial charge on any atom is 0.326 e. The number of aliphatic hydroxyl groups is 1. The molecule has 0 heterocycles. The Kier molecular flexibility index (Phi) is 15.5. The molecule has 0 saturated heterocycles. The Morgan fingerprint density at radius 1 is 0.848 bits per heavy atom. The Hall–Kier alpha value is -2.03. The maximum absolute atomic E-state index is 12.8. The molecule has 0 bridgehead atoms. The van der Waals surface area contributed by atoms with Crippen molar-refractivity contribution in [2.24, 2.45) is 11.5 Å². The second-order valence-corrected chi connectivity index (χ2v) is 9.33. The van der Waals surface area contributed by atoms with E-state index in [0.29, 0.717) is 17.9 Å². The van der Waals surface area contributed by atoms with Gasteiger partial charge in [-0.25, -0.2) is 4.79 Å². The number of carboxylic acids is 1. The summed E-state index contributed by atoms with van der Waals surface area (Å²) >= 11 is 2.90. The Labute approximate surface area is 201 Å². The Balaban J connectivity index is 5.41. The lowest BCUT2D eigenvalue weighted by Gasteiger charge is -2.26. The molecule has 0 aromatic rings. The van der Waals surface area contributed by atoms with Crippen molar-refractivity contribution in [2.75, 3.05) is 24.0 Å². The second kappa shape index (κ2) is 16.6. The summed E-state index contributed by atoms with van der Waals surface area (Å²) in [7, 11) is 0. The van der Waals surface area contributed by atoms with Crippen molar-refractivity contribution < 1.29 is 34.2 Å². The number of thioether (sulfide) groups is 2. The molecule has 5 unspecified atom stereocenters. The van der Waals surface area contributed by atoms with Gasteiger partial charge < -0.3 is 37.6 Å². The van der Waals surface area contributed by atoms with Crippen LogP contribution in [0.3, 0.4) is 0 Å². The van der Waals surface area contributed by atoms with Crippen molar-refractivity contribution in [3.63, 3.8) is 0 Å². The Morgan fingerprint density at radius 3 is 1.88 bits per heavy atom. The van der Waals surface area contributed by atoms with Gasteiger partial charge in [0.15, 0.2) is 0 Å². The van der Waals surface area contributed by atoms with Gasteiger partial charge in [0.25, 0.3) is 0 Å². The summed E-state index contributed by atoms with van der Waals surface area (Å²) < 4.78 is 0. The molecule has 12 nitrogen and oxygen atoms in total. The molecule has 0 fully saturated rings. The van der Waals surface area contributed by atoms with Gasteiger partial charge in [-0.3, -0.25) is 19.2 Å². The zero-order valence-electron chi connectivity index (χ0n) is 19.0. The molecule has 33 heavy (non-hydrogen) atoms. The number of carbonyl (C=O) groups excluding carboxylic acids is 4. The number of carboxylic acid groups (broad SMARTS) is 1. The fourth-order valence-corrected chi connectivity index (χ4v) is 3.58. The average Bonchev–Trinajstić information content (AvgIpc) is 2.74. The minimum absolute atomic E-state index is 0.152. The van der Waals surface area contributed by atoms with E-state index in [-0.39, 0.29) is 19.3 Å². The summed E-state index contributed by atoms with van der Waals surface area (Å²) in [5.41, 5.74) is 10.9. The predicted molar refractivity (Wildman–Crippen MR) is 128 cm³/mol. The van der Waals surface area contributed by atoms with Crippen molar-refractivity contribution in [1.82, 2.24) is 16.0 Å². The van der Waals surface area contributed by atoms with Crippen molar-refractivity contribution in [3.8, 4) is 0 Å². The lowest BCUT2D eigenvalue weighted by atomic mass is 10.1. The molecule has 0 saturated carbocycles. The van der Waals surface area contributed by atoms with E-state index in [1.165, 1.54) is 30.4 Å². The molecule has 190 valence electrons. The third-order valence-corrected chi connectivity index (χ3v) is 5.86. The molecule has 0 rings (SSSR count). The van der Waals surface area contributed by atoms with Crippen molar-refractivity contribution in [1.29, 1.82) is 0 Å². The van der Waals surface area contributed by atoms with Crippen molar-refractivity contribution in [3.05, 3.63) is 0 Å². The molecule has 4 amide bonds. The van der Waals surface area contributed by atoms with Crippen LogP contribution in [-0.2, 0) is 24.0 Å². The minimum Gasteiger partial charge on any atom is -0.480 e. The van der Waals surface area contributed by atoms with Crippen molar-refractivity contribution in [2.45, 2.75) is 62.9 Å².